The number of aryl methyl sites for hydroxylation is 2. The molecule has 2 fully saturated rings. The molecule has 23 heavy (non-hydrogen) atoms. The lowest BCUT2D eigenvalue weighted by Gasteiger charge is -2.32. The van der Waals surface area contributed by atoms with Gasteiger partial charge in [-0.05, 0) is 52.5 Å². The van der Waals surface area contributed by atoms with Crippen LogP contribution in [0.25, 0.3) is 0 Å². The van der Waals surface area contributed by atoms with Gasteiger partial charge in [-0.1, -0.05) is 6.42 Å². The molecule has 1 amide bonds. The third-order valence-electron chi connectivity index (χ3n) is 5.58. The van der Waals surface area contributed by atoms with Gasteiger partial charge in [0.15, 0.2) is 0 Å². The van der Waals surface area contributed by atoms with Crippen molar-refractivity contribution in [2.45, 2.75) is 77.5 Å². The van der Waals surface area contributed by atoms with E-state index in [0.717, 1.165) is 50.0 Å². The van der Waals surface area contributed by atoms with Crippen molar-refractivity contribution in [2.75, 3.05) is 6.54 Å². The summed E-state index contributed by atoms with van der Waals surface area (Å²) in [6, 6.07) is 2.37. The largest absolute Gasteiger partial charge is 0.393 e. The van der Waals surface area contributed by atoms with Crippen LogP contribution < -0.4 is 0 Å². The molecule has 1 aliphatic heterocycles. The molecule has 4 atom stereocenters. The lowest BCUT2D eigenvalue weighted by molar-refractivity contribution is -0.134. The molecular formula is C18H29N3O2. The zero-order valence-corrected chi connectivity index (χ0v) is 14.5. The summed E-state index contributed by atoms with van der Waals surface area (Å²) >= 11 is 0. The Morgan fingerprint density at radius 3 is 2.74 bits per heavy atom. The van der Waals surface area contributed by atoms with E-state index < -0.39 is 0 Å². The standard InChI is InChI=1S/C18H29N3O2/c1-12-10-13(2)21(19-12)14(3)11-18(23)20-9-5-7-16(20)15-6-4-8-17(15)22/h10,14-17,22H,4-9,11H2,1-3H3. The Kier molecular flexibility index (Phi) is 4.76. The second-order valence-corrected chi connectivity index (χ2v) is 7.38. The van der Waals surface area contributed by atoms with Crippen LogP contribution in [0, 0.1) is 19.8 Å². The number of nitrogens with zero attached hydrogens (tertiary/aromatic N) is 3. The van der Waals surface area contributed by atoms with Crippen LogP contribution in [0.4, 0.5) is 0 Å². The van der Waals surface area contributed by atoms with Crippen molar-refractivity contribution in [2.24, 2.45) is 5.92 Å². The minimum absolute atomic E-state index is 0.0750. The Morgan fingerprint density at radius 1 is 1.35 bits per heavy atom. The zero-order valence-electron chi connectivity index (χ0n) is 14.5. The summed E-state index contributed by atoms with van der Waals surface area (Å²) in [5, 5.41) is 14.7. The maximum Gasteiger partial charge on any atom is 0.224 e. The molecule has 5 nitrogen and oxygen atoms in total. The lowest BCUT2D eigenvalue weighted by Crippen LogP contribution is -2.43. The average Bonchev–Trinajstić information content (AvgIpc) is 3.18. The zero-order chi connectivity index (χ0) is 16.6. The molecule has 0 aromatic carbocycles. The van der Waals surface area contributed by atoms with Gasteiger partial charge in [0, 0.05) is 30.6 Å². The number of aromatic nitrogens is 2. The van der Waals surface area contributed by atoms with E-state index in [4.69, 9.17) is 0 Å². The summed E-state index contributed by atoms with van der Waals surface area (Å²) in [7, 11) is 0. The van der Waals surface area contributed by atoms with Crippen LogP contribution in [0.3, 0.4) is 0 Å². The monoisotopic (exact) mass is 319 g/mol. The van der Waals surface area contributed by atoms with Crippen LogP contribution in [0.15, 0.2) is 6.07 Å². The fourth-order valence-electron chi connectivity index (χ4n) is 4.51. The number of aliphatic hydroxyl groups excluding tert-OH is 1. The summed E-state index contributed by atoms with van der Waals surface area (Å²) in [4.78, 5) is 14.9. The second kappa shape index (κ2) is 6.63. The smallest absolute Gasteiger partial charge is 0.224 e. The van der Waals surface area contributed by atoms with E-state index in [-0.39, 0.29) is 30.0 Å². The van der Waals surface area contributed by atoms with Crippen molar-refractivity contribution in [3.63, 3.8) is 0 Å². The van der Waals surface area contributed by atoms with Gasteiger partial charge in [-0.3, -0.25) is 9.48 Å². The van der Waals surface area contributed by atoms with Crippen LogP contribution in [-0.2, 0) is 4.79 Å². The third kappa shape index (κ3) is 3.30. The van der Waals surface area contributed by atoms with Crippen molar-refractivity contribution in [1.29, 1.82) is 0 Å². The summed E-state index contributed by atoms with van der Waals surface area (Å²) in [6.07, 6.45) is 5.42. The molecule has 4 unspecified atom stereocenters. The molecule has 1 N–H and O–H groups in total. The average molecular weight is 319 g/mol. The van der Waals surface area contributed by atoms with E-state index >= 15 is 0 Å². The maximum absolute atomic E-state index is 12.8. The Hall–Kier alpha value is -1.36. The number of amides is 1. The molecule has 1 aromatic heterocycles. The highest BCUT2D eigenvalue weighted by atomic mass is 16.3. The van der Waals surface area contributed by atoms with Crippen LogP contribution in [-0.4, -0.2) is 44.4 Å². The van der Waals surface area contributed by atoms with E-state index in [9.17, 15) is 9.90 Å². The van der Waals surface area contributed by atoms with E-state index in [1.165, 1.54) is 0 Å². The van der Waals surface area contributed by atoms with E-state index in [0.29, 0.717) is 6.42 Å². The highest BCUT2D eigenvalue weighted by molar-refractivity contribution is 5.77. The Balaban J connectivity index is 1.66. The lowest BCUT2D eigenvalue weighted by atomic mass is 9.94. The first-order valence-corrected chi connectivity index (χ1v) is 8.97. The van der Waals surface area contributed by atoms with Gasteiger partial charge in [-0.25, -0.2) is 0 Å². The van der Waals surface area contributed by atoms with Crippen molar-refractivity contribution >= 4 is 5.91 Å². The van der Waals surface area contributed by atoms with Gasteiger partial charge >= 0.3 is 0 Å². The van der Waals surface area contributed by atoms with E-state index in [1.54, 1.807) is 0 Å². The highest BCUT2D eigenvalue weighted by Gasteiger charge is 2.40. The molecule has 2 heterocycles. The molecule has 1 aliphatic carbocycles. The van der Waals surface area contributed by atoms with Crippen LogP contribution in [0.5, 0.6) is 0 Å². The quantitative estimate of drug-likeness (QED) is 0.928. The van der Waals surface area contributed by atoms with Gasteiger partial charge in [0.2, 0.25) is 5.91 Å². The van der Waals surface area contributed by atoms with E-state index in [1.807, 2.05) is 23.4 Å². The Labute approximate surface area is 138 Å². The molecule has 3 rings (SSSR count). The number of rotatable bonds is 4. The molecule has 5 heteroatoms. The van der Waals surface area contributed by atoms with Crippen molar-refractivity contribution in [3.05, 3.63) is 17.5 Å². The predicted octanol–water partition coefficient (Wildman–Crippen LogP) is 2.60. The predicted molar refractivity (Wildman–Crippen MR) is 89.1 cm³/mol. The van der Waals surface area contributed by atoms with Gasteiger partial charge in [-0.15, -0.1) is 0 Å². The van der Waals surface area contributed by atoms with Gasteiger partial charge in [0.05, 0.1) is 17.8 Å². The second-order valence-electron chi connectivity index (χ2n) is 7.38. The van der Waals surface area contributed by atoms with Crippen molar-refractivity contribution in [1.82, 2.24) is 14.7 Å². The molecular weight excluding hydrogens is 290 g/mol. The first-order valence-electron chi connectivity index (χ1n) is 8.97. The molecule has 1 saturated heterocycles. The molecule has 0 bridgehead atoms. The SMILES string of the molecule is Cc1cc(C)n(C(C)CC(=O)N2CCCC2C2CCCC2O)n1. The number of hydrogen-bond donors (Lipinski definition) is 1. The van der Waals surface area contributed by atoms with Gasteiger partial charge < -0.3 is 10.0 Å². The fourth-order valence-corrected chi connectivity index (χ4v) is 4.51. The summed E-state index contributed by atoms with van der Waals surface area (Å²) in [6.45, 7) is 6.92. The van der Waals surface area contributed by atoms with Crippen LogP contribution in [0.2, 0.25) is 0 Å². The number of carbonyl (C=O) groups is 1. The molecule has 1 saturated carbocycles. The molecule has 128 valence electrons. The van der Waals surface area contributed by atoms with Crippen LogP contribution >= 0.6 is 0 Å². The molecule has 2 aliphatic rings. The topological polar surface area (TPSA) is 58.4 Å². The minimum atomic E-state index is -0.221. The Bertz CT molecular complexity index is 569. The number of hydrogen-bond acceptors (Lipinski definition) is 3. The highest BCUT2D eigenvalue weighted by Crippen LogP contribution is 2.36. The van der Waals surface area contributed by atoms with Crippen molar-refractivity contribution < 1.29 is 9.90 Å². The first-order chi connectivity index (χ1) is 11.0. The van der Waals surface area contributed by atoms with Gasteiger partial charge in [0.25, 0.3) is 0 Å². The summed E-state index contributed by atoms with van der Waals surface area (Å²) < 4.78 is 1.96. The van der Waals surface area contributed by atoms with Crippen LogP contribution in [0.1, 0.15) is 62.9 Å². The summed E-state index contributed by atoms with van der Waals surface area (Å²) in [5.41, 5.74) is 2.10. The maximum atomic E-state index is 12.8. The first kappa shape index (κ1) is 16.5. The minimum Gasteiger partial charge on any atom is -0.393 e. The van der Waals surface area contributed by atoms with E-state index in [2.05, 4.69) is 18.1 Å². The molecule has 0 spiro atoms. The van der Waals surface area contributed by atoms with Gasteiger partial charge in [-0.2, -0.15) is 5.10 Å². The van der Waals surface area contributed by atoms with Gasteiger partial charge in [0.1, 0.15) is 0 Å². The third-order valence-corrected chi connectivity index (χ3v) is 5.58. The summed E-state index contributed by atoms with van der Waals surface area (Å²) in [5.74, 6) is 0.497. The molecule has 1 aromatic rings. The number of carbonyl (C=O) groups excluding carboxylic acids is 1. The normalized spacial score (nSPS) is 29.2. The van der Waals surface area contributed by atoms with Crippen molar-refractivity contribution in [3.8, 4) is 0 Å². The molecule has 0 radical (unpaired) electrons. The number of likely N-dealkylation sites (tertiary alicyclic amines) is 1. The number of aliphatic hydroxyl groups is 1. The fraction of sp³-hybridized carbons (Fsp3) is 0.778. The Morgan fingerprint density at radius 2 is 2.13 bits per heavy atom.